The van der Waals surface area contributed by atoms with E-state index in [0.29, 0.717) is 17.2 Å². The predicted molar refractivity (Wildman–Crippen MR) is 93.2 cm³/mol. The largest absolute Gasteiger partial charge is 0.460 e. The number of carbonyl (C=O) groups excluding carboxylic acids is 1. The van der Waals surface area contributed by atoms with Gasteiger partial charge in [-0.3, -0.25) is 4.79 Å². The molecular weight excluding hydrogens is 284 g/mol. The van der Waals surface area contributed by atoms with Gasteiger partial charge in [-0.1, -0.05) is 43.2 Å². The smallest absolute Gasteiger partial charge is 0.163 e. The van der Waals surface area contributed by atoms with Crippen molar-refractivity contribution < 1.29 is 9.21 Å². The minimum Gasteiger partial charge on any atom is -0.460 e. The van der Waals surface area contributed by atoms with Crippen molar-refractivity contribution in [3.8, 4) is 0 Å². The summed E-state index contributed by atoms with van der Waals surface area (Å²) in [4.78, 5) is 11.7. The Kier molecular flexibility index (Phi) is 4.64. The van der Waals surface area contributed by atoms with Gasteiger partial charge in [0.1, 0.15) is 11.5 Å². The fourth-order valence-corrected chi connectivity index (χ4v) is 3.28. The number of furan rings is 1. The molecule has 2 heteroatoms. The van der Waals surface area contributed by atoms with Crippen molar-refractivity contribution in [3.05, 3.63) is 64.8 Å². The van der Waals surface area contributed by atoms with Crippen molar-refractivity contribution in [3.63, 3.8) is 0 Å². The molecule has 0 atom stereocenters. The van der Waals surface area contributed by atoms with E-state index in [1.54, 1.807) is 6.92 Å². The molecule has 2 nitrogen and oxygen atoms in total. The number of rotatable bonds is 4. The number of allylic oxidation sites excluding steroid dienone is 1. The zero-order valence-electron chi connectivity index (χ0n) is 13.8. The Hall–Kier alpha value is -2.31. The summed E-state index contributed by atoms with van der Waals surface area (Å²) in [6, 6.07) is 12.1. The molecule has 118 valence electrons. The van der Waals surface area contributed by atoms with Crippen LogP contribution in [0.4, 0.5) is 0 Å². The topological polar surface area (TPSA) is 30.2 Å². The third kappa shape index (κ3) is 3.55. The Labute approximate surface area is 137 Å². The van der Waals surface area contributed by atoms with Crippen LogP contribution in [0.2, 0.25) is 0 Å². The molecular formula is C21H22O2. The minimum atomic E-state index is 0.0512. The minimum absolute atomic E-state index is 0.0512. The van der Waals surface area contributed by atoms with E-state index in [2.05, 4.69) is 17.9 Å². The van der Waals surface area contributed by atoms with E-state index in [1.807, 2.05) is 37.3 Å². The Balaban J connectivity index is 2.04. The van der Waals surface area contributed by atoms with Gasteiger partial charge in [0.2, 0.25) is 0 Å². The molecule has 1 fully saturated rings. The van der Waals surface area contributed by atoms with Crippen LogP contribution in [-0.2, 0) is 0 Å². The van der Waals surface area contributed by atoms with E-state index in [-0.39, 0.29) is 5.78 Å². The molecule has 0 N–H and O–H groups in total. The molecule has 1 heterocycles. The van der Waals surface area contributed by atoms with Crippen molar-refractivity contribution in [2.24, 2.45) is 5.92 Å². The van der Waals surface area contributed by atoms with Crippen LogP contribution in [-0.4, -0.2) is 5.78 Å². The lowest BCUT2D eigenvalue weighted by Gasteiger charge is -2.09. The molecule has 0 amide bonds. The maximum absolute atomic E-state index is 11.7. The molecule has 1 saturated carbocycles. The Morgan fingerprint density at radius 2 is 1.91 bits per heavy atom. The van der Waals surface area contributed by atoms with E-state index in [0.717, 1.165) is 16.9 Å². The van der Waals surface area contributed by atoms with Crippen molar-refractivity contribution in [1.82, 2.24) is 0 Å². The lowest BCUT2D eigenvalue weighted by molar-refractivity contribution is 0.101. The van der Waals surface area contributed by atoms with E-state index >= 15 is 0 Å². The van der Waals surface area contributed by atoms with E-state index in [4.69, 9.17) is 4.42 Å². The van der Waals surface area contributed by atoms with Crippen LogP contribution in [0.3, 0.4) is 0 Å². The quantitative estimate of drug-likeness (QED) is 0.537. The molecule has 1 aliphatic rings. The SMILES string of the molecule is CC(=O)c1cc(C(=C=Cc2ccccc2)C2CCCC2)oc1C. The van der Waals surface area contributed by atoms with Gasteiger partial charge in [-0.2, -0.15) is 0 Å². The number of carbonyl (C=O) groups is 1. The number of benzene rings is 1. The van der Waals surface area contributed by atoms with Gasteiger partial charge in [-0.25, -0.2) is 0 Å². The second kappa shape index (κ2) is 6.85. The maximum atomic E-state index is 11.7. The van der Waals surface area contributed by atoms with Gasteiger partial charge in [0.25, 0.3) is 0 Å². The van der Waals surface area contributed by atoms with Crippen molar-refractivity contribution in [2.45, 2.75) is 39.5 Å². The molecule has 2 aromatic rings. The summed E-state index contributed by atoms with van der Waals surface area (Å²) in [6.45, 7) is 3.44. The molecule has 23 heavy (non-hydrogen) atoms. The molecule has 0 unspecified atom stereocenters. The van der Waals surface area contributed by atoms with Crippen molar-refractivity contribution in [1.29, 1.82) is 0 Å². The number of ketones is 1. The van der Waals surface area contributed by atoms with Gasteiger partial charge >= 0.3 is 0 Å². The number of Topliss-reactive ketones (excluding diaryl/α,β-unsaturated/α-hetero) is 1. The Bertz CT molecular complexity index is 752. The molecule has 0 spiro atoms. The summed E-state index contributed by atoms with van der Waals surface area (Å²) >= 11 is 0. The third-order valence-electron chi connectivity index (χ3n) is 4.52. The lowest BCUT2D eigenvalue weighted by atomic mass is 9.95. The Morgan fingerprint density at radius 1 is 1.22 bits per heavy atom. The second-order valence-corrected chi connectivity index (χ2v) is 6.23. The summed E-state index contributed by atoms with van der Waals surface area (Å²) in [5.74, 6) is 2.02. The average Bonchev–Trinajstić information content (AvgIpc) is 3.19. The van der Waals surface area contributed by atoms with Gasteiger partial charge in [0.05, 0.1) is 5.56 Å². The Morgan fingerprint density at radius 3 is 2.52 bits per heavy atom. The first kappa shape index (κ1) is 15.6. The van der Waals surface area contributed by atoms with Crippen molar-refractivity contribution >= 4 is 17.4 Å². The van der Waals surface area contributed by atoms with Crippen LogP contribution in [0.1, 0.15) is 60.0 Å². The fourth-order valence-electron chi connectivity index (χ4n) is 3.28. The van der Waals surface area contributed by atoms with E-state index in [1.165, 1.54) is 25.7 Å². The lowest BCUT2D eigenvalue weighted by Crippen LogP contribution is -1.96. The normalized spacial score (nSPS) is 14.5. The summed E-state index contributed by atoms with van der Waals surface area (Å²) in [6.07, 6.45) is 6.85. The predicted octanol–water partition coefficient (Wildman–Crippen LogP) is 5.68. The van der Waals surface area contributed by atoms with Gasteiger partial charge < -0.3 is 4.42 Å². The molecule has 0 saturated heterocycles. The molecule has 0 aliphatic heterocycles. The first-order chi connectivity index (χ1) is 11.1. The number of hydrogen-bond acceptors (Lipinski definition) is 2. The van der Waals surface area contributed by atoms with E-state index in [9.17, 15) is 4.79 Å². The van der Waals surface area contributed by atoms with E-state index < -0.39 is 0 Å². The molecule has 0 bridgehead atoms. The zero-order chi connectivity index (χ0) is 16.2. The van der Waals surface area contributed by atoms with Gasteiger partial charge in [0, 0.05) is 5.57 Å². The molecule has 3 rings (SSSR count). The monoisotopic (exact) mass is 306 g/mol. The van der Waals surface area contributed by atoms with Gasteiger partial charge in [-0.15, -0.1) is 5.73 Å². The second-order valence-electron chi connectivity index (χ2n) is 6.23. The van der Waals surface area contributed by atoms with Crippen LogP contribution >= 0.6 is 0 Å². The highest BCUT2D eigenvalue weighted by Crippen LogP contribution is 2.37. The van der Waals surface area contributed by atoms with Crippen LogP contribution in [0.5, 0.6) is 0 Å². The summed E-state index contributed by atoms with van der Waals surface area (Å²) in [5, 5.41) is 0. The van der Waals surface area contributed by atoms with Crippen LogP contribution in [0, 0.1) is 12.8 Å². The average molecular weight is 306 g/mol. The highest BCUT2D eigenvalue weighted by molar-refractivity contribution is 5.95. The zero-order valence-corrected chi connectivity index (χ0v) is 13.8. The number of hydrogen-bond donors (Lipinski definition) is 0. The highest BCUT2D eigenvalue weighted by atomic mass is 16.3. The summed E-state index contributed by atoms with van der Waals surface area (Å²) in [5.41, 5.74) is 6.36. The third-order valence-corrected chi connectivity index (χ3v) is 4.52. The molecule has 1 aromatic heterocycles. The van der Waals surface area contributed by atoms with Crippen LogP contribution in [0.25, 0.3) is 11.6 Å². The first-order valence-electron chi connectivity index (χ1n) is 8.28. The van der Waals surface area contributed by atoms with Gasteiger partial charge in [-0.05, 0) is 50.3 Å². The van der Waals surface area contributed by atoms with Gasteiger partial charge in [0.15, 0.2) is 5.78 Å². The fraction of sp³-hybridized carbons (Fsp3) is 0.333. The highest BCUT2D eigenvalue weighted by Gasteiger charge is 2.24. The molecule has 1 aromatic carbocycles. The maximum Gasteiger partial charge on any atom is 0.163 e. The number of aryl methyl sites for hydroxylation is 1. The van der Waals surface area contributed by atoms with Crippen molar-refractivity contribution in [2.75, 3.05) is 0 Å². The standard InChI is InChI=1S/C21H22O2/c1-15(22)20-14-21(23-16(20)2)19(18-10-6-7-11-18)13-12-17-8-4-3-5-9-17/h3-5,8-9,12,14,18H,6-7,10-11H2,1-2H3. The summed E-state index contributed by atoms with van der Waals surface area (Å²) in [7, 11) is 0. The summed E-state index contributed by atoms with van der Waals surface area (Å²) < 4.78 is 5.90. The first-order valence-corrected chi connectivity index (χ1v) is 8.28. The molecule has 0 radical (unpaired) electrons. The molecule has 1 aliphatic carbocycles. The van der Waals surface area contributed by atoms with Crippen LogP contribution < -0.4 is 0 Å². The van der Waals surface area contributed by atoms with Crippen LogP contribution in [0.15, 0.2) is 46.5 Å².